The third kappa shape index (κ3) is 6.66. The maximum Gasteiger partial charge on any atom is 0.366 e. The molecule has 0 aliphatic carbocycles. The second-order valence-electron chi connectivity index (χ2n) is 6.41. The van der Waals surface area contributed by atoms with Gasteiger partial charge in [0.2, 0.25) is 0 Å². The third-order valence-corrected chi connectivity index (χ3v) is 4.07. The predicted octanol–water partition coefficient (Wildman–Crippen LogP) is -0.351. The van der Waals surface area contributed by atoms with E-state index in [1.54, 1.807) is 0 Å². The minimum atomic E-state index is -2.08. The van der Waals surface area contributed by atoms with Crippen LogP contribution in [0.2, 0.25) is 0 Å². The lowest BCUT2D eigenvalue weighted by Gasteiger charge is -2.46. The van der Waals surface area contributed by atoms with E-state index in [-0.39, 0.29) is 6.42 Å². The van der Waals surface area contributed by atoms with Crippen LogP contribution in [0.3, 0.4) is 0 Å². The Hall–Kier alpha value is -2.73. The summed E-state index contributed by atoms with van der Waals surface area (Å²) in [6.45, 7) is 3.95. The fourth-order valence-corrected chi connectivity index (χ4v) is 2.98. The molecule has 0 aromatic carbocycles. The molecule has 1 aliphatic heterocycles. The number of methoxy groups -OCH3 is 2. The van der Waals surface area contributed by atoms with E-state index < -0.39 is 66.7 Å². The summed E-state index contributed by atoms with van der Waals surface area (Å²) >= 11 is 0. The summed E-state index contributed by atoms with van der Waals surface area (Å²) in [5.74, 6) is -6.00. The fraction of sp³-hybridized carbons (Fsp3) is 0.722. The molecule has 1 rings (SSSR count). The van der Waals surface area contributed by atoms with Crippen molar-refractivity contribution in [2.45, 2.75) is 64.3 Å². The summed E-state index contributed by atoms with van der Waals surface area (Å²) in [6.07, 6.45) is -5.70. The Kier molecular flexibility index (Phi) is 9.18. The Morgan fingerprint density at radius 2 is 1.53 bits per heavy atom. The molecule has 0 saturated carbocycles. The smallest absolute Gasteiger partial charge is 0.366 e. The van der Waals surface area contributed by atoms with Crippen molar-refractivity contribution >= 4 is 29.8 Å². The van der Waals surface area contributed by atoms with Crippen molar-refractivity contribution in [3.8, 4) is 0 Å². The molecule has 170 valence electrons. The van der Waals surface area contributed by atoms with Crippen LogP contribution in [0.15, 0.2) is 0 Å². The number of esters is 5. The van der Waals surface area contributed by atoms with E-state index in [2.05, 4.69) is 0 Å². The van der Waals surface area contributed by atoms with E-state index in [1.807, 2.05) is 0 Å². The third-order valence-electron chi connectivity index (χ3n) is 4.07. The fourth-order valence-electron chi connectivity index (χ4n) is 2.98. The van der Waals surface area contributed by atoms with E-state index in [4.69, 9.17) is 33.2 Å². The number of carbonyl (C=O) groups is 5. The zero-order valence-electron chi connectivity index (χ0n) is 17.6. The molecule has 1 fully saturated rings. The normalized spacial score (nSPS) is 26.7. The van der Waals surface area contributed by atoms with Crippen molar-refractivity contribution in [3.05, 3.63) is 0 Å². The standard InChI is InChI=1S/C18H26O12/c1-9(19)26-8-14(28-11(3)21)16-15(29-12(4)22)13(27-10(2)20)7-18(25-6,30-16)17(23)24-5/h13-16H,7-8H2,1-6H3/t13-,14-,15-,16-,18-/m1/s1. The van der Waals surface area contributed by atoms with Crippen LogP contribution < -0.4 is 0 Å². The number of hydrogen-bond acceptors (Lipinski definition) is 12. The summed E-state index contributed by atoms with van der Waals surface area (Å²) in [5, 5.41) is 0. The van der Waals surface area contributed by atoms with Crippen molar-refractivity contribution in [3.63, 3.8) is 0 Å². The Bertz CT molecular complexity index is 674. The molecule has 5 atom stereocenters. The SMILES string of the molecule is COC(=O)[C@@]1(OC)C[C@@H](OC(C)=O)[C@@H](OC(C)=O)[C@@H]([C@@H](COC(C)=O)OC(C)=O)O1. The van der Waals surface area contributed by atoms with Gasteiger partial charge < -0.3 is 33.2 Å². The molecule has 12 nitrogen and oxygen atoms in total. The van der Waals surface area contributed by atoms with E-state index in [9.17, 15) is 24.0 Å². The molecule has 0 aromatic heterocycles. The Balaban J connectivity index is 3.48. The summed E-state index contributed by atoms with van der Waals surface area (Å²) < 4.78 is 36.3. The average molecular weight is 434 g/mol. The van der Waals surface area contributed by atoms with Crippen LogP contribution in [-0.2, 0) is 57.1 Å². The van der Waals surface area contributed by atoms with Crippen molar-refractivity contribution < 1.29 is 57.1 Å². The molecule has 1 heterocycles. The molecular formula is C18H26O12. The highest BCUT2D eigenvalue weighted by Gasteiger charge is 2.58. The van der Waals surface area contributed by atoms with Gasteiger partial charge in [0.25, 0.3) is 5.79 Å². The molecule has 1 aliphatic rings. The first kappa shape index (κ1) is 25.3. The van der Waals surface area contributed by atoms with Gasteiger partial charge in [-0.05, 0) is 0 Å². The van der Waals surface area contributed by atoms with Crippen molar-refractivity contribution in [2.75, 3.05) is 20.8 Å². The van der Waals surface area contributed by atoms with Gasteiger partial charge in [-0.3, -0.25) is 19.2 Å². The summed E-state index contributed by atoms with van der Waals surface area (Å²) in [7, 11) is 2.24. The molecule has 0 N–H and O–H groups in total. The maximum absolute atomic E-state index is 12.4. The quantitative estimate of drug-likeness (QED) is 0.363. The highest BCUT2D eigenvalue weighted by Crippen LogP contribution is 2.36. The molecule has 0 bridgehead atoms. The van der Waals surface area contributed by atoms with Gasteiger partial charge in [-0.25, -0.2) is 4.79 Å². The number of hydrogen-bond donors (Lipinski definition) is 0. The Morgan fingerprint density at radius 1 is 0.933 bits per heavy atom. The van der Waals surface area contributed by atoms with Crippen LogP contribution in [0.25, 0.3) is 0 Å². The number of rotatable bonds is 8. The molecule has 0 unspecified atom stereocenters. The first-order valence-electron chi connectivity index (χ1n) is 8.92. The van der Waals surface area contributed by atoms with Crippen molar-refractivity contribution in [1.82, 2.24) is 0 Å². The van der Waals surface area contributed by atoms with E-state index in [1.165, 1.54) is 0 Å². The number of ether oxygens (including phenoxy) is 7. The Labute approximate surface area is 173 Å². The maximum atomic E-state index is 12.4. The van der Waals surface area contributed by atoms with Crippen molar-refractivity contribution in [2.24, 2.45) is 0 Å². The molecule has 1 saturated heterocycles. The monoisotopic (exact) mass is 434 g/mol. The first-order chi connectivity index (χ1) is 14.0. The molecule has 0 radical (unpaired) electrons. The summed E-state index contributed by atoms with van der Waals surface area (Å²) in [6, 6.07) is 0. The van der Waals surface area contributed by atoms with Gasteiger partial charge in [-0.15, -0.1) is 0 Å². The van der Waals surface area contributed by atoms with Crippen LogP contribution in [0.4, 0.5) is 0 Å². The first-order valence-corrected chi connectivity index (χ1v) is 8.92. The predicted molar refractivity (Wildman–Crippen MR) is 94.5 cm³/mol. The molecular weight excluding hydrogens is 408 g/mol. The molecule has 0 amide bonds. The van der Waals surface area contributed by atoms with Crippen LogP contribution in [-0.4, -0.2) is 80.9 Å². The lowest BCUT2D eigenvalue weighted by Crippen LogP contribution is -2.64. The lowest BCUT2D eigenvalue weighted by molar-refractivity contribution is -0.320. The largest absolute Gasteiger partial charge is 0.465 e. The molecule has 12 heteroatoms. The van der Waals surface area contributed by atoms with Gasteiger partial charge in [0.05, 0.1) is 13.5 Å². The van der Waals surface area contributed by atoms with Crippen molar-refractivity contribution in [1.29, 1.82) is 0 Å². The highest BCUT2D eigenvalue weighted by atomic mass is 16.7. The second kappa shape index (κ2) is 10.9. The molecule has 30 heavy (non-hydrogen) atoms. The number of carbonyl (C=O) groups excluding carboxylic acids is 5. The molecule has 0 aromatic rings. The van der Waals surface area contributed by atoms with Gasteiger partial charge in [0.1, 0.15) is 18.8 Å². The highest BCUT2D eigenvalue weighted by molar-refractivity contribution is 5.78. The summed E-state index contributed by atoms with van der Waals surface area (Å²) in [4.78, 5) is 58.6. The topological polar surface area (TPSA) is 150 Å². The minimum Gasteiger partial charge on any atom is -0.465 e. The second-order valence-corrected chi connectivity index (χ2v) is 6.41. The molecule has 0 spiro atoms. The lowest BCUT2D eigenvalue weighted by atomic mass is 9.91. The van der Waals surface area contributed by atoms with Crippen LogP contribution >= 0.6 is 0 Å². The zero-order valence-corrected chi connectivity index (χ0v) is 17.6. The summed E-state index contributed by atoms with van der Waals surface area (Å²) in [5.41, 5.74) is 0. The Morgan fingerprint density at radius 3 is 1.97 bits per heavy atom. The average Bonchev–Trinajstić information content (AvgIpc) is 2.64. The van der Waals surface area contributed by atoms with E-state index in [0.717, 1.165) is 41.9 Å². The zero-order chi connectivity index (χ0) is 23.1. The van der Waals surface area contributed by atoms with Crippen LogP contribution in [0, 0.1) is 0 Å². The van der Waals surface area contributed by atoms with Gasteiger partial charge >= 0.3 is 29.8 Å². The van der Waals surface area contributed by atoms with Gasteiger partial charge in [-0.1, -0.05) is 0 Å². The van der Waals surface area contributed by atoms with E-state index >= 15 is 0 Å². The van der Waals surface area contributed by atoms with E-state index in [0.29, 0.717) is 0 Å². The minimum absolute atomic E-state index is 0.384. The van der Waals surface area contributed by atoms with Gasteiger partial charge in [-0.2, -0.15) is 0 Å². The van der Waals surface area contributed by atoms with Gasteiger partial charge in [0.15, 0.2) is 12.2 Å². The van der Waals surface area contributed by atoms with Crippen LogP contribution in [0.5, 0.6) is 0 Å². The van der Waals surface area contributed by atoms with Gasteiger partial charge in [0, 0.05) is 34.8 Å². The van der Waals surface area contributed by atoms with Crippen LogP contribution in [0.1, 0.15) is 34.1 Å².